The summed E-state index contributed by atoms with van der Waals surface area (Å²) in [4.78, 5) is 4.11. The predicted octanol–water partition coefficient (Wildman–Crippen LogP) is 1.78. The third kappa shape index (κ3) is 5.35. The van der Waals surface area contributed by atoms with Crippen LogP contribution in [0.3, 0.4) is 0 Å². The molecule has 0 aliphatic heterocycles. The van der Waals surface area contributed by atoms with Gasteiger partial charge in [-0.2, -0.15) is 0 Å². The fraction of sp³-hybridized carbons (Fsp3) is 0.471. The molecular weight excluding hydrogens is 296 g/mol. The summed E-state index contributed by atoms with van der Waals surface area (Å²) in [5.41, 5.74) is 1.73. The standard InChI is InChI=1S/C17H24N2O4/c1-12(14-3-5-15(6-4-14)22-8-7-20)9-18-10-17(21)16-11-23-13(2)19-16/h3-6,11-12,17-18,20-21H,7-10H2,1-2H3. The number of aliphatic hydroxyl groups is 2. The van der Waals surface area contributed by atoms with Crippen LogP contribution in [0.2, 0.25) is 0 Å². The first-order chi connectivity index (χ1) is 11.1. The smallest absolute Gasteiger partial charge is 0.191 e. The van der Waals surface area contributed by atoms with E-state index >= 15 is 0 Å². The lowest BCUT2D eigenvalue weighted by molar-refractivity contribution is 0.169. The van der Waals surface area contributed by atoms with Crippen molar-refractivity contribution in [1.82, 2.24) is 10.3 Å². The summed E-state index contributed by atoms with van der Waals surface area (Å²) in [6, 6.07) is 7.82. The first kappa shape index (κ1) is 17.5. The topological polar surface area (TPSA) is 87.8 Å². The highest BCUT2D eigenvalue weighted by Crippen LogP contribution is 2.19. The molecule has 1 heterocycles. The van der Waals surface area contributed by atoms with Gasteiger partial charge in [0.25, 0.3) is 0 Å². The molecule has 6 heteroatoms. The molecule has 0 aliphatic carbocycles. The van der Waals surface area contributed by atoms with E-state index in [0.717, 1.165) is 12.3 Å². The Morgan fingerprint density at radius 1 is 1.26 bits per heavy atom. The molecule has 1 aromatic heterocycles. The van der Waals surface area contributed by atoms with Crippen molar-refractivity contribution in [2.75, 3.05) is 26.3 Å². The zero-order valence-corrected chi connectivity index (χ0v) is 13.5. The molecule has 1 aromatic carbocycles. The van der Waals surface area contributed by atoms with Crippen LogP contribution < -0.4 is 10.1 Å². The molecule has 0 saturated heterocycles. The molecular formula is C17H24N2O4. The van der Waals surface area contributed by atoms with Crippen LogP contribution in [0, 0.1) is 6.92 Å². The number of ether oxygens (including phenoxy) is 1. The number of nitrogens with zero attached hydrogens (tertiary/aromatic N) is 1. The van der Waals surface area contributed by atoms with Crippen molar-refractivity contribution in [1.29, 1.82) is 0 Å². The minimum Gasteiger partial charge on any atom is -0.491 e. The second-order valence-electron chi connectivity index (χ2n) is 5.51. The highest BCUT2D eigenvalue weighted by atomic mass is 16.5. The highest BCUT2D eigenvalue weighted by molar-refractivity contribution is 5.29. The van der Waals surface area contributed by atoms with Crippen LogP contribution >= 0.6 is 0 Å². The first-order valence-electron chi connectivity index (χ1n) is 7.74. The van der Waals surface area contributed by atoms with E-state index in [0.29, 0.717) is 30.7 Å². The number of rotatable bonds is 9. The molecule has 23 heavy (non-hydrogen) atoms. The number of aliphatic hydroxyl groups excluding tert-OH is 2. The summed E-state index contributed by atoms with van der Waals surface area (Å²) >= 11 is 0. The van der Waals surface area contributed by atoms with Crippen LogP contribution in [0.25, 0.3) is 0 Å². The lowest BCUT2D eigenvalue weighted by Gasteiger charge is -2.15. The number of aromatic nitrogens is 1. The van der Waals surface area contributed by atoms with Gasteiger partial charge in [-0.1, -0.05) is 19.1 Å². The maximum absolute atomic E-state index is 10.0. The van der Waals surface area contributed by atoms with E-state index in [1.807, 2.05) is 24.3 Å². The van der Waals surface area contributed by atoms with Gasteiger partial charge in [0.1, 0.15) is 30.4 Å². The van der Waals surface area contributed by atoms with Crippen LogP contribution in [0.5, 0.6) is 5.75 Å². The quantitative estimate of drug-likeness (QED) is 0.653. The maximum atomic E-state index is 10.0. The molecule has 2 aromatic rings. The molecule has 2 atom stereocenters. The molecule has 0 amide bonds. The van der Waals surface area contributed by atoms with Gasteiger partial charge < -0.3 is 24.7 Å². The molecule has 0 fully saturated rings. The fourth-order valence-corrected chi connectivity index (χ4v) is 2.25. The third-order valence-corrected chi connectivity index (χ3v) is 3.58. The second kappa shape index (κ2) is 8.67. The van der Waals surface area contributed by atoms with Gasteiger partial charge in [0.05, 0.1) is 6.61 Å². The van der Waals surface area contributed by atoms with E-state index in [9.17, 15) is 5.11 Å². The first-order valence-corrected chi connectivity index (χ1v) is 7.74. The van der Waals surface area contributed by atoms with Crippen LogP contribution in [-0.4, -0.2) is 41.5 Å². The molecule has 3 N–H and O–H groups in total. The SMILES string of the molecule is Cc1nc(C(O)CNCC(C)c2ccc(OCCO)cc2)co1. The zero-order valence-electron chi connectivity index (χ0n) is 13.5. The molecule has 0 radical (unpaired) electrons. The van der Waals surface area contributed by atoms with E-state index < -0.39 is 6.10 Å². The van der Waals surface area contributed by atoms with Crippen LogP contribution in [0.4, 0.5) is 0 Å². The van der Waals surface area contributed by atoms with Gasteiger partial charge in [-0.05, 0) is 23.6 Å². The monoisotopic (exact) mass is 320 g/mol. The Morgan fingerprint density at radius 3 is 2.61 bits per heavy atom. The Morgan fingerprint density at radius 2 is 2.00 bits per heavy atom. The summed E-state index contributed by atoms with van der Waals surface area (Å²) in [6.07, 6.45) is 0.810. The van der Waals surface area contributed by atoms with Crippen LogP contribution in [-0.2, 0) is 0 Å². The molecule has 0 spiro atoms. The third-order valence-electron chi connectivity index (χ3n) is 3.58. The van der Waals surface area contributed by atoms with Crippen molar-refractivity contribution in [3.05, 3.63) is 47.7 Å². The van der Waals surface area contributed by atoms with Gasteiger partial charge >= 0.3 is 0 Å². The van der Waals surface area contributed by atoms with Crippen LogP contribution in [0.15, 0.2) is 34.9 Å². The number of benzene rings is 1. The molecule has 126 valence electrons. The fourth-order valence-electron chi connectivity index (χ4n) is 2.25. The Balaban J connectivity index is 1.76. The van der Waals surface area contributed by atoms with Crippen molar-refractivity contribution in [3.63, 3.8) is 0 Å². The maximum Gasteiger partial charge on any atom is 0.191 e. The summed E-state index contributed by atoms with van der Waals surface area (Å²) in [6.45, 7) is 5.34. The predicted molar refractivity (Wildman–Crippen MR) is 86.5 cm³/mol. The molecule has 6 nitrogen and oxygen atoms in total. The molecule has 0 bridgehead atoms. The van der Waals surface area contributed by atoms with Gasteiger partial charge in [-0.3, -0.25) is 0 Å². The lowest BCUT2D eigenvalue weighted by atomic mass is 10.0. The Labute approximate surface area is 136 Å². The second-order valence-corrected chi connectivity index (χ2v) is 5.51. The molecule has 2 rings (SSSR count). The Kier molecular flexibility index (Phi) is 6.58. The van der Waals surface area contributed by atoms with E-state index in [1.54, 1.807) is 6.92 Å². The number of aryl methyl sites for hydroxylation is 1. The van der Waals surface area contributed by atoms with Crippen molar-refractivity contribution in [2.45, 2.75) is 25.9 Å². The van der Waals surface area contributed by atoms with E-state index in [1.165, 1.54) is 11.8 Å². The number of oxazole rings is 1. The number of hydrogen-bond acceptors (Lipinski definition) is 6. The highest BCUT2D eigenvalue weighted by Gasteiger charge is 2.12. The summed E-state index contributed by atoms with van der Waals surface area (Å²) in [5.74, 6) is 1.60. The van der Waals surface area contributed by atoms with E-state index in [4.69, 9.17) is 14.3 Å². The van der Waals surface area contributed by atoms with Crippen LogP contribution in [0.1, 0.15) is 36.1 Å². The van der Waals surface area contributed by atoms with Crippen molar-refractivity contribution < 1.29 is 19.4 Å². The van der Waals surface area contributed by atoms with Gasteiger partial charge in [0.2, 0.25) is 0 Å². The average Bonchev–Trinajstić information content (AvgIpc) is 2.99. The lowest BCUT2D eigenvalue weighted by Crippen LogP contribution is -2.25. The minimum atomic E-state index is -0.672. The molecule has 0 aliphatic rings. The van der Waals surface area contributed by atoms with Crippen molar-refractivity contribution >= 4 is 0 Å². The Bertz CT molecular complexity index is 583. The summed E-state index contributed by atoms with van der Waals surface area (Å²) in [5, 5.41) is 22.0. The average molecular weight is 320 g/mol. The zero-order chi connectivity index (χ0) is 16.7. The summed E-state index contributed by atoms with van der Waals surface area (Å²) < 4.78 is 10.4. The van der Waals surface area contributed by atoms with Gasteiger partial charge in [0.15, 0.2) is 5.89 Å². The van der Waals surface area contributed by atoms with Gasteiger partial charge in [-0.25, -0.2) is 4.98 Å². The van der Waals surface area contributed by atoms with Crippen molar-refractivity contribution in [3.8, 4) is 5.75 Å². The largest absolute Gasteiger partial charge is 0.491 e. The normalized spacial score (nSPS) is 13.7. The Hall–Kier alpha value is -1.89. The summed E-state index contributed by atoms with van der Waals surface area (Å²) in [7, 11) is 0. The molecule has 0 saturated carbocycles. The molecule has 2 unspecified atom stereocenters. The number of nitrogens with one attached hydrogen (secondary N) is 1. The van der Waals surface area contributed by atoms with Gasteiger partial charge in [0, 0.05) is 20.0 Å². The number of hydrogen-bond donors (Lipinski definition) is 3. The van der Waals surface area contributed by atoms with E-state index in [2.05, 4.69) is 17.2 Å². The van der Waals surface area contributed by atoms with Crippen molar-refractivity contribution in [2.24, 2.45) is 0 Å². The minimum absolute atomic E-state index is 0.00937. The van der Waals surface area contributed by atoms with E-state index in [-0.39, 0.29) is 6.61 Å². The van der Waals surface area contributed by atoms with Gasteiger partial charge in [-0.15, -0.1) is 0 Å².